The van der Waals surface area contributed by atoms with Gasteiger partial charge in [0.05, 0.1) is 22.7 Å². The van der Waals surface area contributed by atoms with E-state index in [0.29, 0.717) is 21.3 Å². The van der Waals surface area contributed by atoms with Gasteiger partial charge in [-0.2, -0.15) is 0 Å². The van der Waals surface area contributed by atoms with Crippen molar-refractivity contribution in [3.05, 3.63) is 63.9 Å². The third-order valence-electron chi connectivity index (χ3n) is 3.94. The molecule has 2 aromatic rings. The maximum atomic E-state index is 13.1. The highest BCUT2D eigenvalue weighted by Gasteiger charge is 2.27. The molecule has 1 heterocycles. The first-order valence-electron chi connectivity index (χ1n) is 7.85. The van der Waals surface area contributed by atoms with E-state index in [1.807, 2.05) is 0 Å². The monoisotopic (exact) mass is 396 g/mol. The number of rotatable bonds is 4. The van der Waals surface area contributed by atoms with E-state index in [1.54, 1.807) is 12.1 Å². The summed E-state index contributed by atoms with van der Waals surface area (Å²) in [6.45, 7) is 0.362. The number of morpholine rings is 1. The molecule has 1 fully saturated rings. The van der Waals surface area contributed by atoms with Crippen LogP contribution >= 0.6 is 23.2 Å². The molecule has 0 saturated carbocycles. The minimum absolute atomic E-state index is 0.106. The van der Waals surface area contributed by atoms with Crippen LogP contribution in [0.4, 0.5) is 10.1 Å². The van der Waals surface area contributed by atoms with Crippen molar-refractivity contribution < 1.29 is 18.7 Å². The fourth-order valence-electron chi connectivity index (χ4n) is 2.57. The topological polar surface area (TPSA) is 58.6 Å². The van der Waals surface area contributed by atoms with Gasteiger partial charge in [-0.1, -0.05) is 23.2 Å². The molecule has 0 bridgehead atoms. The molecule has 0 aliphatic carbocycles. The molecular weight excluding hydrogens is 382 g/mol. The number of hydrogen-bond donors (Lipinski definition) is 1. The van der Waals surface area contributed by atoms with Gasteiger partial charge in [-0.05, 0) is 42.5 Å². The van der Waals surface area contributed by atoms with Crippen molar-refractivity contribution in [2.24, 2.45) is 0 Å². The van der Waals surface area contributed by atoms with E-state index < -0.39 is 0 Å². The highest BCUT2D eigenvalue weighted by molar-refractivity contribution is 6.42. The molecule has 1 aliphatic rings. The van der Waals surface area contributed by atoms with Crippen molar-refractivity contribution in [1.82, 2.24) is 5.32 Å². The normalized spacial score (nSPS) is 17.3. The van der Waals surface area contributed by atoms with Crippen LogP contribution in [0.2, 0.25) is 10.0 Å². The number of ether oxygens (including phenoxy) is 1. The van der Waals surface area contributed by atoms with Crippen molar-refractivity contribution >= 4 is 40.7 Å². The fraction of sp³-hybridized carbons (Fsp3) is 0.222. The van der Waals surface area contributed by atoms with Crippen LogP contribution in [0.3, 0.4) is 0 Å². The van der Waals surface area contributed by atoms with Crippen molar-refractivity contribution in [1.29, 1.82) is 0 Å². The van der Waals surface area contributed by atoms with Crippen LogP contribution in [-0.4, -0.2) is 37.6 Å². The lowest BCUT2D eigenvalue weighted by molar-refractivity contribution is -0.129. The number of benzene rings is 2. The Hall–Kier alpha value is -2.15. The molecule has 136 valence electrons. The van der Waals surface area contributed by atoms with Crippen LogP contribution in [0.15, 0.2) is 42.5 Å². The second kappa shape index (κ2) is 8.03. The van der Waals surface area contributed by atoms with Crippen LogP contribution in [0.5, 0.6) is 0 Å². The van der Waals surface area contributed by atoms with Crippen LogP contribution < -0.4 is 10.2 Å². The lowest BCUT2D eigenvalue weighted by Crippen LogP contribution is -2.50. The third-order valence-corrected chi connectivity index (χ3v) is 4.68. The predicted molar refractivity (Wildman–Crippen MR) is 97.3 cm³/mol. The van der Waals surface area contributed by atoms with Crippen molar-refractivity contribution in [2.45, 2.75) is 6.10 Å². The van der Waals surface area contributed by atoms with Gasteiger partial charge in [-0.25, -0.2) is 4.39 Å². The van der Waals surface area contributed by atoms with Gasteiger partial charge < -0.3 is 15.0 Å². The lowest BCUT2D eigenvalue weighted by Gasteiger charge is -2.32. The van der Waals surface area contributed by atoms with E-state index >= 15 is 0 Å². The Balaban J connectivity index is 1.61. The quantitative estimate of drug-likeness (QED) is 0.862. The molecule has 0 spiro atoms. The molecule has 2 aromatic carbocycles. The molecule has 1 saturated heterocycles. The summed E-state index contributed by atoms with van der Waals surface area (Å²) in [5.41, 5.74) is 0.960. The van der Waals surface area contributed by atoms with E-state index in [0.717, 1.165) is 0 Å². The summed E-state index contributed by atoms with van der Waals surface area (Å²) in [5, 5.41) is 3.41. The van der Waals surface area contributed by atoms with Gasteiger partial charge in [0.25, 0.3) is 11.8 Å². The molecule has 5 nitrogen and oxygen atoms in total. The van der Waals surface area contributed by atoms with Gasteiger partial charge in [0.1, 0.15) is 12.4 Å². The van der Waals surface area contributed by atoms with E-state index in [-0.39, 0.29) is 43.4 Å². The Morgan fingerprint density at radius 3 is 2.62 bits per heavy atom. The zero-order chi connectivity index (χ0) is 18.7. The first-order chi connectivity index (χ1) is 12.4. The maximum Gasteiger partial charge on any atom is 0.253 e. The number of carbonyl (C=O) groups excluding carboxylic acids is 2. The standard InChI is InChI=1S/C18H15Cl2FN2O3/c19-15-6-1-11(7-16(15)20)18(25)22-8-14-9-23(17(24)10-26-14)13-4-2-12(21)3-5-13/h1-7,14H,8-10H2,(H,22,25). The summed E-state index contributed by atoms with van der Waals surface area (Å²) in [4.78, 5) is 25.8. The highest BCUT2D eigenvalue weighted by atomic mass is 35.5. The van der Waals surface area contributed by atoms with Crippen molar-refractivity contribution in [2.75, 3.05) is 24.6 Å². The van der Waals surface area contributed by atoms with Crippen LogP contribution in [0.1, 0.15) is 10.4 Å². The SMILES string of the molecule is O=C(NCC1CN(c2ccc(F)cc2)C(=O)CO1)c1ccc(Cl)c(Cl)c1. The summed E-state index contributed by atoms with van der Waals surface area (Å²) in [5.74, 6) is -0.916. The van der Waals surface area contributed by atoms with Gasteiger partial charge in [-0.15, -0.1) is 0 Å². The number of anilines is 1. The summed E-state index contributed by atoms with van der Waals surface area (Å²) < 4.78 is 18.5. The van der Waals surface area contributed by atoms with E-state index in [1.165, 1.54) is 35.2 Å². The number of hydrogen-bond acceptors (Lipinski definition) is 3. The number of amides is 2. The van der Waals surface area contributed by atoms with Gasteiger partial charge in [0, 0.05) is 17.8 Å². The molecule has 3 rings (SSSR count). The smallest absolute Gasteiger partial charge is 0.253 e. The zero-order valence-corrected chi connectivity index (χ0v) is 15.1. The third kappa shape index (κ3) is 4.33. The molecule has 26 heavy (non-hydrogen) atoms. The van der Waals surface area contributed by atoms with Crippen LogP contribution in [0.25, 0.3) is 0 Å². The first-order valence-corrected chi connectivity index (χ1v) is 8.60. The Bertz CT molecular complexity index is 830. The fourth-order valence-corrected chi connectivity index (χ4v) is 2.86. The maximum absolute atomic E-state index is 13.1. The lowest BCUT2D eigenvalue weighted by atomic mass is 10.2. The molecule has 1 unspecified atom stereocenters. The first kappa shape index (κ1) is 18.6. The average Bonchev–Trinajstić information content (AvgIpc) is 2.64. The Morgan fingerprint density at radius 2 is 1.92 bits per heavy atom. The van der Waals surface area contributed by atoms with Crippen molar-refractivity contribution in [3.8, 4) is 0 Å². The minimum atomic E-state index is -0.385. The molecule has 0 aromatic heterocycles. The summed E-state index contributed by atoms with van der Waals surface area (Å²) in [6.07, 6.45) is -0.385. The van der Waals surface area contributed by atoms with E-state index in [4.69, 9.17) is 27.9 Å². The number of nitrogens with one attached hydrogen (secondary N) is 1. The van der Waals surface area contributed by atoms with Crippen LogP contribution in [-0.2, 0) is 9.53 Å². The van der Waals surface area contributed by atoms with Crippen LogP contribution in [0, 0.1) is 5.82 Å². The molecule has 8 heteroatoms. The zero-order valence-electron chi connectivity index (χ0n) is 13.5. The Morgan fingerprint density at radius 1 is 1.19 bits per heavy atom. The second-order valence-electron chi connectivity index (χ2n) is 5.75. The number of halogens is 3. The van der Waals surface area contributed by atoms with Gasteiger partial charge in [-0.3, -0.25) is 9.59 Å². The molecule has 0 radical (unpaired) electrons. The predicted octanol–water partition coefficient (Wildman–Crippen LogP) is 3.29. The number of carbonyl (C=O) groups is 2. The molecule has 1 N–H and O–H groups in total. The minimum Gasteiger partial charge on any atom is -0.365 e. The van der Waals surface area contributed by atoms with Gasteiger partial charge >= 0.3 is 0 Å². The molecule has 2 amide bonds. The largest absolute Gasteiger partial charge is 0.365 e. The summed E-state index contributed by atoms with van der Waals surface area (Å²) in [6, 6.07) is 10.2. The average molecular weight is 397 g/mol. The van der Waals surface area contributed by atoms with E-state index in [2.05, 4.69) is 5.32 Å². The van der Waals surface area contributed by atoms with E-state index in [9.17, 15) is 14.0 Å². The number of nitrogens with zero attached hydrogens (tertiary/aromatic N) is 1. The van der Waals surface area contributed by atoms with Crippen molar-refractivity contribution in [3.63, 3.8) is 0 Å². The highest BCUT2D eigenvalue weighted by Crippen LogP contribution is 2.23. The Kier molecular flexibility index (Phi) is 5.76. The second-order valence-corrected chi connectivity index (χ2v) is 6.57. The van der Waals surface area contributed by atoms with Gasteiger partial charge in [0.2, 0.25) is 0 Å². The van der Waals surface area contributed by atoms with Gasteiger partial charge in [0.15, 0.2) is 0 Å². The summed E-state index contributed by atoms with van der Waals surface area (Å²) in [7, 11) is 0. The Labute approximate surface area is 159 Å². The molecular formula is C18H15Cl2FN2O3. The summed E-state index contributed by atoms with van der Waals surface area (Å²) >= 11 is 11.8. The molecule has 1 atom stereocenters. The molecule has 1 aliphatic heterocycles.